The average molecular weight is 496 g/mol. The molecule has 0 aliphatic carbocycles. The van der Waals surface area contributed by atoms with E-state index in [1.807, 2.05) is 13.1 Å². The highest BCUT2D eigenvalue weighted by Crippen LogP contribution is 2.34. The summed E-state index contributed by atoms with van der Waals surface area (Å²) in [6.45, 7) is 8.64. The number of phenols is 1. The van der Waals surface area contributed by atoms with Crippen LogP contribution in [0.1, 0.15) is 40.5 Å². The zero-order valence-corrected chi connectivity index (χ0v) is 21.4. The molecule has 1 aliphatic heterocycles. The maximum Gasteiger partial charge on any atom is 0.290 e. The number of ether oxygens (including phenoxy) is 1. The monoisotopic (exact) mass is 495 g/mol. The molecule has 3 aromatic rings. The summed E-state index contributed by atoms with van der Waals surface area (Å²) >= 11 is 0. The van der Waals surface area contributed by atoms with Crippen molar-refractivity contribution >= 4 is 12.4 Å². The number of benzene rings is 1. The maximum absolute atomic E-state index is 10.6. The first-order chi connectivity index (χ1) is 17.0. The van der Waals surface area contributed by atoms with Crippen LogP contribution in [-0.4, -0.2) is 73.1 Å². The first-order valence-corrected chi connectivity index (χ1v) is 11.5. The van der Waals surface area contributed by atoms with Gasteiger partial charge in [-0.3, -0.25) is 4.79 Å². The van der Waals surface area contributed by atoms with Gasteiger partial charge in [-0.15, -0.1) is 10.2 Å². The first-order valence-electron chi connectivity index (χ1n) is 11.5. The predicted octanol–water partition coefficient (Wildman–Crippen LogP) is 3.16. The van der Waals surface area contributed by atoms with Crippen LogP contribution in [0.5, 0.6) is 11.6 Å². The SMILES string of the molecule is COc1cc(-c2ccc(-c3cnc(N(C)C4CC(C)(C)NC(C)(C)C4)nn3)c(O)c2)ncn1.O=CO. The van der Waals surface area contributed by atoms with Gasteiger partial charge in [-0.1, -0.05) is 6.07 Å². The lowest BCUT2D eigenvalue weighted by Gasteiger charge is -2.48. The van der Waals surface area contributed by atoms with Crippen LogP contribution in [0.3, 0.4) is 0 Å². The van der Waals surface area contributed by atoms with Gasteiger partial charge in [0.15, 0.2) is 0 Å². The molecule has 0 saturated carbocycles. The number of hydrogen-bond donors (Lipinski definition) is 3. The van der Waals surface area contributed by atoms with Crippen molar-refractivity contribution < 1.29 is 19.7 Å². The summed E-state index contributed by atoms with van der Waals surface area (Å²) in [5.74, 6) is 1.10. The highest BCUT2D eigenvalue weighted by Gasteiger charge is 2.39. The summed E-state index contributed by atoms with van der Waals surface area (Å²) in [5, 5.41) is 30.0. The van der Waals surface area contributed by atoms with Crippen LogP contribution >= 0.6 is 0 Å². The Morgan fingerprint density at radius 3 is 2.28 bits per heavy atom. The van der Waals surface area contributed by atoms with E-state index in [0.29, 0.717) is 34.8 Å². The van der Waals surface area contributed by atoms with Crippen LogP contribution in [0.4, 0.5) is 5.95 Å². The van der Waals surface area contributed by atoms with Gasteiger partial charge in [0.05, 0.1) is 19.0 Å². The second-order valence-electron chi connectivity index (χ2n) is 9.99. The maximum atomic E-state index is 10.6. The van der Waals surface area contributed by atoms with Crippen LogP contribution < -0.4 is 15.0 Å². The number of nitrogens with zero attached hydrogens (tertiary/aromatic N) is 6. The molecule has 0 bridgehead atoms. The Kier molecular flexibility index (Phi) is 8.03. The molecule has 0 spiro atoms. The summed E-state index contributed by atoms with van der Waals surface area (Å²) in [6, 6.07) is 7.28. The standard InChI is InChI=1S/C24H31N7O2.CH2O2/c1-23(2)11-16(12-24(3,4)30-23)31(5)22-25-13-19(28-29-22)17-8-7-15(9-20(17)32)18-10-21(33-6)27-14-26-18;2-1-3/h7-10,13-14,16,30,32H,11-12H2,1-6H3;1H,(H,2,3). The number of phenolic OH excluding ortho intramolecular Hbond substituents is 1. The molecule has 1 saturated heterocycles. The van der Waals surface area contributed by atoms with Crippen molar-refractivity contribution in [1.29, 1.82) is 0 Å². The quantitative estimate of drug-likeness (QED) is 0.448. The molecule has 2 aromatic heterocycles. The van der Waals surface area contributed by atoms with Gasteiger partial charge in [0.25, 0.3) is 6.47 Å². The van der Waals surface area contributed by atoms with Crippen molar-refractivity contribution in [2.24, 2.45) is 0 Å². The second kappa shape index (κ2) is 10.8. The van der Waals surface area contributed by atoms with Crippen molar-refractivity contribution in [3.05, 3.63) is 36.8 Å². The topological polar surface area (TPSA) is 146 Å². The van der Waals surface area contributed by atoms with Crippen molar-refractivity contribution in [3.8, 4) is 34.1 Å². The molecular weight excluding hydrogens is 462 g/mol. The van der Waals surface area contributed by atoms with Crippen molar-refractivity contribution in [2.75, 3.05) is 19.1 Å². The number of aromatic nitrogens is 5. The molecule has 1 aliphatic rings. The van der Waals surface area contributed by atoms with E-state index in [1.54, 1.807) is 31.5 Å². The number of anilines is 1. The molecule has 4 rings (SSSR count). The van der Waals surface area contributed by atoms with Crippen LogP contribution in [0.25, 0.3) is 22.5 Å². The highest BCUT2D eigenvalue weighted by molar-refractivity contribution is 5.72. The van der Waals surface area contributed by atoms with Gasteiger partial charge in [-0.2, -0.15) is 0 Å². The number of carboxylic acid groups (broad SMARTS) is 1. The number of piperidine rings is 1. The highest BCUT2D eigenvalue weighted by atomic mass is 16.5. The zero-order chi connectivity index (χ0) is 26.5. The lowest BCUT2D eigenvalue weighted by molar-refractivity contribution is -0.122. The smallest absolute Gasteiger partial charge is 0.290 e. The number of hydrogen-bond acceptors (Lipinski definition) is 10. The zero-order valence-electron chi connectivity index (χ0n) is 21.4. The van der Waals surface area contributed by atoms with Crippen LogP contribution in [0.15, 0.2) is 36.8 Å². The van der Waals surface area contributed by atoms with Gasteiger partial charge < -0.3 is 25.2 Å². The molecule has 3 heterocycles. The molecular formula is C25H33N7O4. The molecule has 0 unspecified atom stereocenters. The summed E-state index contributed by atoms with van der Waals surface area (Å²) in [5.41, 5.74) is 2.49. The van der Waals surface area contributed by atoms with Gasteiger partial charge in [0, 0.05) is 41.4 Å². The van der Waals surface area contributed by atoms with Crippen LogP contribution in [0.2, 0.25) is 0 Å². The van der Waals surface area contributed by atoms with E-state index in [0.717, 1.165) is 18.4 Å². The lowest BCUT2D eigenvalue weighted by Crippen LogP contribution is -2.62. The van der Waals surface area contributed by atoms with Gasteiger partial charge in [0.2, 0.25) is 11.8 Å². The number of methoxy groups -OCH3 is 1. The van der Waals surface area contributed by atoms with E-state index < -0.39 is 0 Å². The third kappa shape index (κ3) is 6.42. The first kappa shape index (κ1) is 26.7. The van der Waals surface area contributed by atoms with Gasteiger partial charge in [0.1, 0.15) is 17.8 Å². The minimum Gasteiger partial charge on any atom is -0.507 e. The van der Waals surface area contributed by atoms with Gasteiger partial charge in [-0.25, -0.2) is 15.0 Å². The lowest BCUT2D eigenvalue weighted by atomic mass is 9.79. The Labute approximate surface area is 210 Å². The number of aromatic hydroxyl groups is 1. The van der Waals surface area contributed by atoms with E-state index in [-0.39, 0.29) is 23.3 Å². The fourth-order valence-electron chi connectivity index (χ4n) is 4.78. The Morgan fingerprint density at radius 2 is 1.72 bits per heavy atom. The number of nitrogens with one attached hydrogen (secondary N) is 1. The van der Waals surface area contributed by atoms with Crippen LogP contribution in [0, 0.1) is 0 Å². The summed E-state index contributed by atoms with van der Waals surface area (Å²) in [4.78, 5) is 23.3. The summed E-state index contributed by atoms with van der Waals surface area (Å²) in [7, 11) is 3.56. The molecule has 0 radical (unpaired) electrons. The van der Waals surface area contributed by atoms with Gasteiger partial charge >= 0.3 is 0 Å². The Balaban J connectivity index is 0.00000115. The second-order valence-corrected chi connectivity index (χ2v) is 9.99. The minimum atomic E-state index is -0.250. The van der Waals surface area contributed by atoms with Crippen molar-refractivity contribution in [2.45, 2.75) is 57.7 Å². The third-order valence-corrected chi connectivity index (χ3v) is 6.00. The van der Waals surface area contributed by atoms with E-state index in [2.05, 4.69) is 63.1 Å². The van der Waals surface area contributed by atoms with E-state index in [4.69, 9.17) is 14.6 Å². The van der Waals surface area contributed by atoms with Crippen LogP contribution in [-0.2, 0) is 4.79 Å². The summed E-state index contributed by atoms with van der Waals surface area (Å²) in [6.07, 6.45) is 5.04. The minimum absolute atomic E-state index is 0.0231. The number of carbonyl (C=O) groups is 1. The molecule has 11 nitrogen and oxygen atoms in total. The average Bonchev–Trinajstić information content (AvgIpc) is 2.82. The predicted molar refractivity (Wildman–Crippen MR) is 136 cm³/mol. The molecule has 1 fully saturated rings. The molecule has 36 heavy (non-hydrogen) atoms. The third-order valence-electron chi connectivity index (χ3n) is 6.00. The van der Waals surface area contributed by atoms with Crippen molar-refractivity contribution in [1.82, 2.24) is 30.5 Å². The fraction of sp³-hybridized carbons (Fsp3) is 0.440. The van der Waals surface area contributed by atoms with Crippen molar-refractivity contribution in [3.63, 3.8) is 0 Å². The molecule has 0 amide bonds. The number of rotatable bonds is 5. The molecule has 11 heteroatoms. The Hall–Kier alpha value is -3.86. The van der Waals surface area contributed by atoms with Gasteiger partial charge in [-0.05, 0) is 52.7 Å². The molecule has 192 valence electrons. The molecule has 1 aromatic carbocycles. The fourth-order valence-corrected chi connectivity index (χ4v) is 4.78. The summed E-state index contributed by atoms with van der Waals surface area (Å²) < 4.78 is 5.15. The van der Waals surface area contributed by atoms with E-state index in [1.165, 1.54) is 6.33 Å². The largest absolute Gasteiger partial charge is 0.507 e. The van der Waals surface area contributed by atoms with E-state index in [9.17, 15) is 5.11 Å². The Morgan fingerprint density at radius 1 is 1.06 bits per heavy atom. The van der Waals surface area contributed by atoms with E-state index >= 15 is 0 Å². The normalized spacial score (nSPS) is 16.4. The molecule has 3 N–H and O–H groups in total. The Bertz CT molecular complexity index is 1170. The molecule has 0 atom stereocenters.